The second-order valence-electron chi connectivity index (χ2n) is 2.45. The summed E-state index contributed by atoms with van der Waals surface area (Å²) in [6, 6.07) is 5.79. The summed E-state index contributed by atoms with van der Waals surface area (Å²) in [6.45, 7) is 0.471. The van der Waals surface area contributed by atoms with Gasteiger partial charge >= 0.3 is 0 Å². The average Bonchev–Trinajstić information content (AvgIpc) is 2.07. The van der Waals surface area contributed by atoms with E-state index >= 15 is 0 Å². The van der Waals surface area contributed by atoms with Crippen molar-refractivity contribution in [3.05, 3.63) is 22.7 Å². The van der Waals surface area contributed by atoms with Gasteiger partial charge in [0.05, 0.1) is 5.69 Å². The zero-order valence-corrected chi connectivity index (χ0v) is 8.54. The van der Waals surface area contributed by atoms with Crippen molar-refractivity contribution < 1.29 is 4.74 Å². The molecule has 0 bridgehead atoms. The van der Waals surface area contributed by atoms with Crippen LogP contribution in [0.3, 0.4) is 0 Å². The Morgan fingerprint density at radius 1 is 1.50 bits per heavy atom. The number of nitrogens with one attached hydrogen (secondary N) is 1. The van der Waals surface area contributed by atoms with E-state index in [0.29, 0.717) is 6.61 Å². The van der Waals surface area contributed by atoms with Gasteiger partial charge in [0.25, 0.3) is 0 Å². The van der Waals surface area contributed by atoms with Gasteiger partial charge in [-0.3, -0.25) is 0 Å². The number of para-hydroxylation sites is 1. The fourth-order valence-corrected chi connectivity index (χ4v) is 1.67. The van der Waals surface area contributed by atoms with Crippen molar-refractivity contribution in [1.82, 2.24) is 0 Å². The van der Waals surface area contributed by atoms with Crippen LogP contribution in [0.4, 0.5) is 5.69 Å². The van der Waals surface area contributed by atoms with Crippen LogP contribution >= 0.6 is 28.1 Å². The second-order valence-corrected chi connectivity index (χ2v) is 3.80. The molecule has 1 N–H and O–H groups in total. The molecule has 12 heavy (non-hydrogen) atoms. The molecule has 1 aromatic rings. The van der Waals surface area contributed by atoms with Gasteiger partial charge in [0.15, 0.2) is 0 Å². The number of fused-ring (bicyclic) bond motifs is 1. The van der Waals surface area contributed by atoms with Crippen molar-refractivity contribution in [2.24, 2.45) is 0 Å². The van der Waals surface area contributed by atoms with Gasteiger partial charge in [-0.25, -0.2) is 0 Å². The van der Waals surface area contributed by atoms with E-state index in [-0.39, 0.29) is 0 Å². The van der Waals surface area contributed by atoms with Crippen LogP contribution in [0.25, 0.3) is 0 Å². The van der Waals surface area contributed by atoms with E-state index in [1.807, 2.05) is 18.2 Å². The number of halogens is 1. The van der Waals surface area contributed by atoms with Gasteiger partial charge in [-0.2, -0.15) is 0 Å². The third kappa shape index (κ3) is 1.32. The predicted molar refractivity (Wildman–Crippen MR) is 55.9 cm³/mol. The fourth-order valence-electron chi connectivity index (χ4n) is 1.06. The Labute approximate surface area is 84.0 Å². The molecule has 0 unspecified atom stereocenters. The van der Waals surface area contributed by atoms with Crippen molar-refractivity contribution >= 4 is 38.8 Å². The van der Waals surface area contributed by atoms with E-state index in [0.717, 1.165) is 20.9 Å². The Bertz CT molecular complexity index is 340. The van der Waals surface area contributed by atoms with Gasteiger partial charge in [-0.1, -0.05) is 18.3 Å². The summed E-state index contributed by atoms with van der Waals surface area (Å²) in [7, 11) is 0. The third-order valence-electron chi connectivity index (χ3n) is 1.60. The molecule has 1 aliphatic rings. The summed E-state index contributed by atoms with van der Waals surface area (Å²) in [6.07, 6.45) is 0. The van der Waals surface area contributed by atoms with Crippen LogP contribution < -0.4 is 10.1 Å². The molecule has 1 aliphatic heterocycles. The smallest absolute Gasteiger partial charge is 0.144 e. The monoisotopic (exact) mass is 243 g/mol. The number of benzene rings is 1. The second kappa shape index (κ2) is 3.03. The quantitative estimate of drug-likeness (QED) is 0.709. The molecule has 1 heterocycles. The Hall–Kier alpha value is -0.610. The first-order chi connectivity index (χ1) is 5.77. The molecule has 4 heteroatoms. The van der Waals surface area contributed by atoms with Crippen LogP contribution in [-0.4, -0.2) is 11.6 Å². The number of rotatable bonds is 0. The molecule has 0 atom stereocenters. The van der Waals surface area contributed by atoms with E-state index < -0.39 is 0 Å². The van der Waals surface area contributed by atoms with Crippen LogP contribution in [0.5, 0.6) is 5.75 Å². The molecular weight excluding hydrogens is 238 g/mol. The lowest BCUT2D eigenvalue weighted by Gasteiger charge is -2.20. The van der Waals surface area contributed by atoms with Crippen molar-refractivity contribution in [3.63, 3.8) is 0 Å². The Morgan fingerprint density at radius 3 is 3.17 bits per heavy atom. The standard InChI is InChI=1S/C8H6BrNOS/c9-5-2-1-3-6-8(5)10-7(12)4-11-6/h1-3H,4H2,(H,10,12). The van der Waals surface area contributed by atoms with Gasteiger partial charge < -0.3 is 10.1 Å². The molecule has 62 valence electrons. The van der Waals surface area contributed by atoms with Crippen molar-refractivity contribution in [1.29, 1.82) is 0 Å². The molecule has 0 fully saturated rings. The Balaban J connectivity index is 2.50. The maximum absolute atomic E-state index is 5.38. The number of hydrogen-bond donors (Lipinski definition) is 1. The molecular formula is C8H6BrNOS. The molecule has 0 spiro atoms. The summed E-state index contributed by atoms with van der Waals surface area (Å²) >= 11 is 8.39. The minimum absolute atomic E-state index is 0.471. The normalized spacial score (nSPS) is 14.6. The van der Waals surface area contributed by atoms with Crippen LogP contribution in [0, 0.1) is 0 Å². The molecule has 0 saturated heterocycles. The lowest BCUT2D eigenvalue weighted by Crippen LogP contribution is -2.23. The maximum atomic E-state index is 5.38. The number of hydrogen-bond acceptors (Lipinski definition) is 2. The molecule has 0 radical (unpaired) electrons. The van der Waals surface area contributed by atoms with Crippen LogP contribution in [-0.2, 0) is 0 Å². The first kappa shape index (κ1) is 8.01. The topological polar surface area (TPSA) is 21.3 Å². The average molecular weight is 244 g/mol. The van der Waals surface area contributed by atoms with E-state index in [4.69, 9.17) is 17.0 Å². The Morgan fingerprint density at radius 2 is 2.33 bits per heavy atom. The number of anilines is 1. The predicted octanol–water partition coefficient (Wildman–Crippen LogP) is 2.58. The first-order valence-corrected chi connectivity index (χ1v) is 4.68. The highest BCUT2D eigenvalue weighted by Crippen LogP contribution is 2.34. The van der Waals surface area contributed by atoms with E-state index in [9.17, 15) is 0 Å². The number of ether oxygens (including phenoxy) is 1. The first-order valence-electron chi connectivity index (χ1n) is 3.48. The van der Waals surface area contributed by atoms with E-state index in [1.54, 1.807) is 0 Å². The van der Waals surface area contributed by atoms with Gasteiger partial charge in [0.2, 0.25) is 0 Å². The molecule has 0 amide bonds. The van der Waals surface area contributed by atoms with Gasteiger partial charge in [-0.05, 0) is 28.1 Å². The zero-order chi connectivity index (χ0) is 8.55. The van der Waals surface area contributed by atoms with Crippen LogP contribution in [0.15, 0.2) is 22.7 Å². The summed E-state index contributed by atoms with van der Waals surface area (Å²) in [5.74, 6) is 0.845. The number of thiocarbonyl (C=S) groups is 1. The molecule has 2 rings (SSSR count). The molecule has 0 saturated carbocycles. The van der Waals surface area contributed by atoms with E-state index in [1.165, 1.54) is 0 Å². The van der Waals surface area contributed by atoms with Crippen LogP contribution in [0.2, 0.25) is 0 Å². The molecule has 0 aromatic heterocycles. The van der Waals surface area contributed by atoms with Crippen molar-refractivity contribution in [2.75, 3.05) is 11.9 Å². The largest absolute Gasteiger partial charge is 0.484 e. The third-order valence-corrected chi connectivity index (χ3v) is 2.48. The van der Waals surface area contributed by atoms with E-state index in [2.05, 4.69) is 21.2 Å². The Kier molecular flexibility index (Phi) is 2.02. The highest BCUT2D eigenvalue weighted by atomic mass is 79.9. The molecule has 0 aliphatic carbocycles. The van der Waals surface area contributed by atoms with Crippen LogP contribution in [0.1, 0.15) is 0 Å². The summed E-state index contributed by atoms with van der Waals surface area (Å²) < 4.78 is 6.36. The SMILES string of the molecule is S=C1COc2cccc(Br)c2N1. The van der Waals surface area contributed by atoms with Gasteiger partial charge in [0.1, 0.15) is 17.3 Å². The summed E-state index contributed by atoms with van der Waals surface area (Å²) in [4.78, 5) is 0.717. The highest BCUT2D eigenvalue weighted by molar-refractivity contribution is 9.10. The highest BCUT2D eigenvalue weighted by Gasteiger charge is 2.14. The lowest BCUT2D eigenvalue weighted by molar-refractivity contribution is 0.374. The van der Waals surface area contributed by atoms with Crippen molar-refractivity contribution in [2.45, 2.75) is 0 Å². The van der Waals surface area contributed by atoms with Gasteiger partial charge in [-0.15, -0.1) is 0 Å². The van der Waals surface area contributed by atoms with Gasteiger partial charge in [0, 0.05) is 4.47 Å². The fraction of sp³-hybridized carbons (Fsp3) is 0.125. The zero-order valence-electron chi connectivity index (χ0n) is 6.13. The molecule has 2 nitrogen and oxygen atoms in total. The summed E-state index contributed by atoms with van der Waals surface area (Å²) in [5.41, 5.74) is 0.925. The minimum Gasteiger partial charge on any atom is -0.484 e. The van der Waals surface area contributed by atoms with Crippen molar-refractivity contribution in [3.8, 4) is 5.75 Å². The molecule has 1 aromatic carbocycles. The minimum atomic E-state index is 0.471. The lowest BCUT2D eigenvalue weighted by atomic mass is 10.2. The maximum Gasteiger partial charge on any atom is 0.144 e. The summed E-state index contributed by atoms with van der Waals surface area (Å²) in [5, 5.41) is 3.09.